The molecule has 1 aromatic heterocycles. The van der Waals surface area contributed by atoms with Crippen molar-refractivity contribution in [3.05, 3.63) is 42.2 Å². The normalized spacial score (nSPS) is 27.2. The second kappa shape index (κ2) is 5.07. The number of allylic oxidation sites excluding steroid dienone is 1. The van der Waals surface area contributed by atoms with E-state index in [1.54, 1.807) is 0 Å². The molecule has 2 heterocycles. The molecule has 1 saturated heterocycles. The Morgan fingerprint density at radius 2 is 2.28 bits per heavy atom. The van der Waals surface area contributed by atoms with Crippen molar-refractivity contribution in [3.8, 4) is 0 Å². The number of nitrogens with one attached hydrogen (secondary N) is 1. The molecule has 2 atom stereocenters. The van der Waals surface area contributed by atoms with E-state index in [1.165, 1.54) is 36.8 Å². The highest BCUT2D eigenvalue weighted by molar-refractivity contribution is 5.68. The molecular formula is C16H20N2. The van der Waals surface area contributed by atoms with Gasteiger partial charge >= 0.3 is 0 Å². The third-order valence-electron chi connectivity index (χ3n) is 4.17. The van der Waals surface area contributed by atoms with Gasteiger partial charge in [0.15, 0.2) is 0 Å². The number of hydrogen-bond donors (Lipinski definition) is 1. The van der Waals surface area contributed by atoms with Crippen LogP contribution in [0.25, 0.3) is 11.6 Å². The van der Waals surface area contributed by atoms with Crippen LogP contribution in [0.4, 0.5) is 0 Å². The first-order valence-corrected chi connectivity index (χ1v) is 6.89. The van der Waals surface area contributed by atoms with Crippen molar-refractivity contribution in [2.75, 3.05) is 6.54 Å². The first-order chi connectivity index (χ1) is 8.86. The first kappa shape index (κ1) is 11.7. The zero-order valence-corrected chi connectivity index (χ0v) is 10.7. The Labute approximate surface area is 109 Å². The van der Waals surface area contributed by atoms with Crippen molar-refractivity contribution in [2.45, 2.75) is 31.7 Å². The predicted molar refractivity (Wildman–Crippen MR) is 76.1 cm³/mol. The van der Waals surface area contributed by atoms with Gasteiger partial charge in [0.1, 0.15) is 0 Å². The number of rotatable bonds is 2. The molecule has 0 amide bonds. The standard InChI is InChI=1S/C16H20N2/c1-2-12-8-15(11-17-10-12)14-6-5-13-4-3-7-18-16(13)9-14/h2,8-11,13,16,18H,1,3-7H2. The van der Waals surface area contributed by atoms with Crippen LogP contribution in [-0.2, 0) is 0 Å². The van der Waals surface area contributed by atoms with Gasteiger partial charge in [0.2, 0.25) is 0 Å². The molecule has 2 nitrogen and oxygen atoms in total. The van der Waals surface area contributed by atoms with Crippen LogP contribution >= 0.6 is 0 Å². The molecule has 1 aliphatic heterocycles. The zero-order valence-electron chi connectivity index (χ0n) is 10.7. The van der Waals surface area contributed by atoms with Crippen molar-refractivity contribution < 1.29 is 0 Å². The Morgan fingerprint density at radius 3 is 3.17 bits per heavy atom. The van der Waals surface area contributed by atoms with E-state index in [2.05, 4.69) is 29.0 Å². The summed E-state index contributed by atoms with van der Waals surface area (Å²) < 4.78 is 0. The zero-order chi connectivity index (χ0) is 12.4. The lowest BCUT2D eigenvalue weighted by atomic mass is 9.79. The maximum absolute atomic E-state index is 4.30. The fourth-order valence-corrected chi connectivity index (χ4v) is 3.12. The summed E-state index contributed by atoms with van der Waals surface area (Å²) in [5.74, 6) is 0.845. The Kier molecular flexibility index (Phi) is 3.28. The van der Waals surface area contributed by atoms with Gasteiger partial charge in [-0.2, -0.15) is 0 Å². The summed E-state index contributed by atoms with van der Waals surface area (Å²) in [6.45, 7) is 4.97. The van der Waals surface area contributed by atoms with Gasteiger partial charge in [0.25, 0.3) is 0 Å². The molecule has 2 aliphatic rings. The fraction of sp³-hybridized carbons (Fsp3) is 0.438. The van der Waals surface area contributed by atoms with Crippen LogP contribution in [0.1, 0.15) is 36.8 Å². The number of pyridine rings is 1. The van der Waals surface area contributed by atoms with E-state index in [-0.39, 0.29) is 0 Å². The third-order valence-corrected chi connectivity index (χ3v) is 4.17. The van der Waals surface area contributed by atoms with E-state index < -0.39 is 0 Å². The maximum atomic E-state index is 4.30. The molecule has 1 fully saturated rings. The molecule has 0 spiro atoms. The van der Waals surface area contributed by atoms with Crippen molar-refractivity contribution in [3.63, 3.8) is 0 Å². The fourth-order valence-electron chi connectivity index (χ4n) is 3.12. The summed E-state index contributed by atoms with van der Waals surface area (Å²) in [7, 11) is 0. The van der Waals surface area contributed by atoms with Gasteiger partial charge < -0.3 is 5.32 Å². The largest absolute Gasteiger partial charge is 0.310 e. The highest BCUT2D eigenvalue weighted by Crippen LogP contribution is 2.34. The lowest BCUT2D eigenvalue weighted by Gasteiger charge is -2.35. The number of piperidine rings is 1. The van der Waals surface area contributed by atoms with Crippen molar-refractivity contribution >= 4 is 11.6 Å². The van der Waals surface area contributed by atoms with Gasteiger partial charge in [-0.05, 0) is 60.9 Å². The van der Waals surface area contributed by atoms with Crippen LogP contribution in [0.2, 0.25) is 0 Å². The molecule has 0 bridgehead atoms. The highest BCUT2D eigenvalue weighted by Gasteiger charge is 2.27. The van der Waals surface area contributed by atoms with E-state index in [0.29, 0.717) is 6.04 Å². The van der Waals surface area contributed by atoms with Crippen LogP contribution in [0.3, 0.4) is 0 Å². The van der Waals surface area contributed by atoms with Crippen molar-refractivity contribution in [1.82, 2.24) is 10.3 Å². The molecule has 1 aliphatic carbocycles. The van der Waals surface area contributed by atoms with Crippen LogP contribution in [0.5, 0.6) is 0 Å². The SMILES string of the molecule is C=Cc1cncc(C2=CC3NCCCC3CC2)c1. The van der Waals surface area contributed by atoms with E-state index in [0.717, 1.165) is 18.0 Å². The predicted octanol–water partition coefficient (Wildman–Crippen LogP) is 3.27. The molecule has 1 aromatic rings. The van der Waals surface area contributed by atoms with Gasteiger partial charge in [0.05, 0.1) is 0 Å². The quantitative estimate of drug-likeness (QED) is 0.858. The molecule has 94 valence electrons. The van der Waals surface area contributed by atoms with Crippen LogP contribution in [0.15, 0.2) is 31.1 Å². The van der Waals surface area contributed by atoms with Crippen LogP contribution in [-0.4, -0.2) is 17.6 Å². The van der Waals surface area contributed by atoms with Gasteiger partial charge in [-0.1, -0.05) is 18.7 Å². The molecule has 0 saturated carbocycles. The number of hydrogen-bond acceptors (Lipinski definition) is 2. The van der Waals surface area contributed by atoms with E-state index in [4.69, 9.17) is 0 Å². The number of aromatic nitrogens is 1. The lowest BCUT2D eigenvalue weighted by Crippen LogP contribution is -2.41. The van der Waals surface area contributed by atoms with Crippen molar-refractivity contribution in [2.24, 2.45) is 5.92 Å². The Morgan fingerprint density at radius 1 is 1.33 bits per heavy atom. The van der Waals surface area contributed by atoms with Crippen LogP contribution < -0.4 is 5.32 Å². The summed E-state index contributed by atoms with van der Waals surface area (Å²) >= 11 is 0. The topological polar surface area (TPSA) is 24.9 Å². The smallest absolute Gasteiger partial charge is 0.0343 e. The number of fused-ring (bicyclic) bond motifs is 1. The lowest BCUT2D eigenvalue weighted by molar-refractivity contribution is 0.298. The Hall–Kier alpha value is -1.41. The molecular weight excluding hydrogens is 220 g/mol. The van der Waals surface area contributed by atoms with Gasteiger partial charge in [-0.15, -0.1) is 0 Å². The summed E-state index contributed by atoms with van der Waals surface area (Å²) in [5.41, 5.74) is 3.81. The minimum absolute atomic E-state index is 0.579. The average molecular weight is 240 g/mol. The Bertz CT molecular complexity index is 476. The minimum atomic E-state index is 0.579. The molecule has 0 aromatic carbocycles. The summed E-state index contributed by atoms with van der Waals surface area (Å²) in [6.07, 6.45) is 13.3. The van der Waals surface area contributed by atoms with E-state index >= 15 is 0 Å². The van der Waals surface area contributed by atoms with E-state index in [9.17, 15) is 0 Å². The summed E-state index contributed by atoms with van der Waals surface area (Å²) in [5, 5.41) is 3.63. The molecule has 2 unspecified atom stereocenters. The Balaban J connectivity index is 1.87. The molecule has 3 rings (SSSR count). The number of nitrogens with zero attached hydrogens (tertiary/aromatic N) is 1. The summed E-state index contributed by atoms with van der Waals surface area (Å²) in [4.78, 5) is 4.30. The maximum Gasteiger partial charge on any atom is 0.0343 e. The molecule has 18 heavy (non-hydrogen) atoms. The van der Waals surface area contributed by atoms with E-state index in [1.807, 2.05) is 18.5 Å². The van der Waals surface area contributed by atoms with Gasteiger partial charge in [-0.3, -0.25) is 4.98 Å². The first-order valence-electron chi connectivity index (χ1n) is 6.89. The van der Waals surface area contributed by atoms with Crippen molar-refractivity contribution in [1.29, 1.82) is 0 Å². The average Bonchev–Trinajstić information content (AvgIpc) is 2.47. The van der Waals surface area contributed by atoms with Gasteiger partial charge in [0, 0.05) is 18.4 Å². The van der Waals surface area contributed by atoms with Crippen LogP contribution in [0, 0.1) is 5.92 Å². The second-order valence-corrected chi connectivity index (χ2v) is 5.32. The molecule has 1 N–H and O–H groups in total. The van der Waals surface area contributed by atoms with Gasteiger partial charge in [-0.25, -0.2) is 0 Å². The second-order valence-electron chi connectivity index (χ2n) is 5.32. The minimum Gasteiger partial charge on any atom is -0.310 e. The summed E-state index contributed by atoms with van der Waals surface area (Å²) in [6, 6.07) is 2.77. The molecule has 2 heteroatoms. The third kappa shape index (κ3) is 2.25. The molecule has 0 radical (unpaired) electrons. The monoisotopic (exact) mass is 240 g/mol. The highest BCUT2D eigenvalue weighted by atomic mass is 14.9.